The number of thiophene rings is 1. The van der Waals surface area contributed by atoms with Gasteiger partial charge in [0.1, 0.15) is 5.76 Å². The van der Waals surface area contributed by atoms with Crippen LogP contribution in [0.2, 0.25) is 0 Å². The maximum absolute atomic E-state index is 5.78. The van der Waals surface area contributed by atoms with Crippen molar-refractivity contribution in [3.8, 4) is 0 Å². The summed E-state index contributed by atoms with van der Waals surface area (Å²) in [7, 11) is 0. The number of hydrogen-bond donors (Lipinski definition) is 2. The van der Waals surface area contributed by atoms with E-state index in [1.807, 2.05) is 18.4 Å². The minimum Gasteiger partial charge on any atom is -0.444 e. The van der Waals surface area contributed by atoms with E-state index in [1.165, 1.54) is 0 Å². The van der Waals surface area contributed by atoms with Gasteiger partial charge in [-0.25, -0.2) is 4.98 Å². The molecule has 0 aliphatic carbocycles. The number of aromatic nitrogens is 1. The Balaban J connectivity index is 1.82. The zero-order chi connectivity index (χ0) is 11.4. The van der Waals surface area contributed by atoms with Gasteiger partial charge in [-0.05, 0) is 11.4 Å². The van der Waals surface area contributed by atoms with Gasteiger partial charge in [0.2, 0.25) is 5.89 Å². The largest absolute Gasteiger partial charge is 0.444 e. The molecular weight excluding hydrogens is 222 g/mol. The Hall–Kier alpha value is -1.33. The highest BCUT2D eigenvalue weighted by Gasteiger charge is 2.03. The molecule has 3 N–H and O–H groups in total. The zero-order valence-corrected chi connectivity index (χ0v) is 10.0. The van der Waals surface area contributed by atoms with E-state index < -0.39 is 0 Å². The van der Waals surface area contributed by atoms with Crippen LogP contribution in [0.15, 0.2) is 22.1 Å². The average Bonchev–Trinajstić information content (AvgIpc) is 2.89. The van der Waals surface area contributed by atoms with Gasteiger partial charge in [0, 0.05) is 23.5 Å². The number of anilines is 1. The number of hydrogen-bond acceptors (Lipinski definition) is 5. The number of nitrogens with zero attached hydrogens (tertiary/aromatic N) is 1. The fourth-order valence-electron chi connectivity index (χ4n) is 1.37. The first-order valence-corrected chi connectivity index (χ1v) is 6.13. The van der Waals surface area contributed by atoms with E-state index >= 15 is 0 Å². The molecule has 16 heavy (non-hydrogen) atoms. The second kappa shape index (κ2) is 5.14. The van der Waals surface area contributed by atoms with Gasteiger partial charge in [-0.15, -0.1) is 11.3 Å². The molecule has 2 rings (SSSR count). The van der Waals surface area contributed by atoms with Gasteiger partial charge < -0.3 is 15.5 Å². The standard InChI is InChI=1S/C11H15N3OS/c1-2-8-5-14-11(15-8)7-13-6-10-9(12)3-4-16-10/h3-5,13H,2,6-7,12H2,1H3. The molecule has 0 radical (unpaired) electrons. The van der Waals surface area contributed by atoms with E-state index in [0.717, 1.165) is 35.2 Å². The van der Waals surface area contributed by atoms with Crippen LogP contribution in [0.25, 0.3) is 0 Å². The van der Waals surface area contributed by atoms with Crippen molar-refractivity contribution in [2.45, 2.75) is 26.4 Å². The van der Waals surface area contributed by atoms with Crippen molar-refractivity contribution < 1.29 is 4.42 Å². The van der Waals surface area contributed by atoms with Crippen LogP contribution in [-0.4, -0.2) is 4.98 Å². The molecule has 2 aromatic rings. The molecule has 0 saturated carbocycles. The lowest BCUT2D eigenvalue weighted by molar-refractivity contribution is 0.439. The normalized spacial score (nSPS) is 10.8. The smallest absolute Gasteiger partial charge is 0.208 e. The SMILES string of the molecule is CCc1cnc(CNCc2sccc2N)o1. The Morgan fingerprint density at radius 3 is 3.00 bits per heavy atom. The van der Waals surface area contributed by atoms with Gasteiger partial charge in [0.25, 0.3) is 0 Å². The van der Waals surface area contributed by atoms with Crippen molar-refractivity contribution in [1.29, 1.82) is 0 Å². The van der Waals surface area contributed by atoms with Crippen molar-refractivity contribution in [1.82, 2.24) is 10.3 Å². The van der Waals surface area contributed by atoms with Gasteiger partial charge in [-0.3, -0.25) is 0 Å². The molecule has 0 fully saturated rings. The first-order chi connectivity index (χ1) is 7.79. The summed E-state index contributed by atoms with van der Waals surface area (Å²) in [6.07, 6.45) is 2.65. The molecule has 4 nitrogen and oxygen atoms in total. The third kappa shape index (κ3) is 2.62. The predicted octanol–water partition coefficient (Wildman–Crippen LogP) is 2.17. The van der Waals surface area contributed by atoms with E-state index in [9.17, 15) is 0 Å². The molecule has 0 bridgehead atoms. The van der Waals surface area contributed by atoms with E-state index in [-0.39, 0.29) is 0 Å². The Kier molecular flexibility index (Phi) is 3.58. The van der Waals surface area contributed by atoms with Crippen molar-refractivity contribution in [3.63, 3.8) is 0 Å². The molecular formula is C11H15N3OS. The summed E-state index contributed by atoms with van der Waals surface area (Å²) in [4.78, 5) is 5.33. The number of oxazole rings is 1. The van der Waals surface area contributed by atoms with Crippen molar-refractivity contribution in [2.75, 3.05) is 5.73 Å². The van der Waals surface area contributed by atoms with Gasteiger partial charge in [-0.2, -0.15) is 0 Å². The first kappa shape index (κ1) is 11.2. The molecule has 0 atom stereocenters. The first-order valence-electron chi connectivity index (χ1n) is 5.25. The van der Waals surface area contributed by atoms with Crippen LogP contribution in [0.5, 0.6) is 0 Å². The summed E-state index contributed by atoms with van der Waals surface area (Å²) in [5.74, 6) is 1.65. The molecule has 2 heterocycles. The van der Waals surface area contributed by atoms with Crippen LogP contribution >= 0.6 is 11.3 Å². The third-order valence-electron chi connectivity index (χ3n) is 2.29. The van der Waals surface area contributed by atoms with Crippen molar-refractivity contribution >= 4 is 17.0 Å². The molecule has 86 valence electrons. The molecule has 0 spiro atoms. The minimum atomic E-state index is 0.636. The molecule has 0 aliphatic rings. The fraction of sp³-hybridized carbons (Fsp3) is 0.364. The molecule has 0 unspecified atom stereocenters. The Bertz CT molecular complexity index is 450. The molecule has 0 aromatic carbocycles. The molecule has 0 amide bonds. The maximum atomic E-state index is 5.78. The summed E-state index contributed by atoms with van der Waals surface area (Å²) in [5.41, 5.74) is 6.62. The highest BCUT2D eigenvalue weighted by Crippen LogP contribution is 2.18. The number of nitrogen functional groups attached to an aromatic ring is 1. The lowest BCUT2D eigenvalue weighted by Gasteiger charge is -2.00. The molecule has 0 saturated heterocycles. The highest BCUT2D eigenvalue weighted by atomic mass is 32.1. The summed E-state index contributed by atoms with van der Waals surface area (Å²) in [6, 6.07) is 1.92. The van der Waals surface area contributed by atoms with E-state index in [4.69, 9.17) is 10.2 Å². The van der Waals surface area contributed by atoms with Gasteiger partial charge >= 0.3 is 0 Å². The Morgan fingerprint density at radius 1 is 1.50 bits per heavy atom. The van der Waals surface area contributed by atoms with E-state index in [2.05, 4.69) is 10.3 Å². The molecule has 5 heteroatoms. The maximum Gasteiger partial charge on any atom is 0.208 e. The fourth-order valence-corrected chi connectivity index (χ4v) is 2.14. The summed E-state index contributed by atoms with van der Waals surface area (Å²) >= 11 is 1.66. The average molecular weight is 237 g/mol. The van der Waals surface area contributed by atoms with Crippen LogP contribution in [0.3, 0.4) is 0 Å². The topological polar surface area (TPSA) is 64.1 Å². The predicted molar refractivity (Wildman–Crippen MR) is 65.2 cm³/mol. The van der Waals surface area contributed by atoms with Crippen LogP contribution in [0.1, 0.15) is 23.5 Å². The van der Waals surface area contributed by atoms with Crippen molar-refractivity contribution in [2.24, 2.45) is 0 Å². The van der Waals surface area contributed by atoms with Crippen molar-refractivity contribution in [3.05, 3.63) is 34.2 Å². The second-order valence-electron chi connectivity index (χ2n) is 3.48. The van der Waals surface area contributed by atoms with Crippen LogP contribution in [0, 0.1) is 0 Å². The molecule has 2 aromatic heterocycles. The van der Waals surface area contributed by atoms with E-state index in [0.29, 0.717) is 6.54 Å². The van der Waals surface area contributed by atoms with Gasteiger partial charge in [0.15, 0.2) is 0 Å². The third-order valence-corrected chi connectivity index (χ3v) is 3.23. The van der Waals surface area contributed by atoms with Gasteiger partial charge in [0.05, 0.1) is 12.7 Å². The number of nitrogens with one attached hydrogen (secondary N) is 1. The Labute approximate surface area is 98.5 Å². The minimum absolute atomic E-state index is 0.636. The number of nitrogens with two attached hydrogens (primary N) is 1. The summed E-state index contributed by atoms with van der Waals surface area (Å²) in [5, 5.41) is 5.25. The lowest BCUT2D eigenvalue weighted by atomic mass is 10.4. The zero-order valence-electron chi connectivity index (χ0n) is 9.19. The highest BCUT2D eigenvalue weighted by molar-refractivity contribution is 7.10. The second-order valence-corrected chi connectivity index (χ2v) is 4.48. The van der Waals surface area contributed by atoms with Gasteiger partial charge in [-0.1, -0.05) is 6.92 Å². The van der Waals surface area contributed by atoms with Crippen LogP contribution in [0.4, 0.5) is 5.69 Å². The number of aryl methyl sites for hydroxylation is 1. The monoisotopic (exact) mass is 237 g/mol. The summed E-state index contributed by atoms with van der Waals surface area (Å²) in [6.45, 7) is 3.44. The molecule has 0 aliphatic heterocycles. The van der Waals surface area contributed by atoms with E-state index in [1.54, 1.807) is 17.5 Å². The summed E-state index contributed by atoms with van der Waals surface area (Å²) < 4.78 is 5.48. The van der Waals surface area contributed by atoms with Crippen LogP contribution < -0.4 is 11.1 Å². The van der Waals surface area contributed by atoms with Crippen LogP contribution in [-0.2, 0) is 19.5 Å². The quantitative estimate of drug-likeness (QED) is 0.836. The number of rotatable bonds is 5. The Morgan fingerprint density at radius 2 is 2.38 bits per heavy atom. The lowest BCUT2D eigenvalue weighted by Crippen LogP contribution is -2.12.